The maximum Gasteiger partial charge on any atom is 0.305 e. The zero-order valence-electron chi connectivity index (χ0n) is 24.7. The molecule has 0 spiro atoms. The minimum absolute atomic E-state index is 0.0891. The lowest BCUT2D eigenvalue weighted by molar-refractivity contribution is -0.207. The number of nitrogens with zero attached hydrogens (tertiary/aromatic N) is 1. The van der Waals surface area contributed by atoms with Gasteiger partial charge in [-0.05, 0) is 116 Å². The molecular formula is C32H53NO6. The van der Waals surface area contributed by atoms with Gasteiger partial charge in [0.25, 0.3) is 0 Å². The Labute approximate surface area is 235 Å². The Balaban J connectivity index is 1.20. The molecule has 222 valence electrons. The van der Waals surface area contributed by atoms with Gasteiger partial charge < -0.3 is 25.0 Å². The van der Waals surface area contributed by atoms with Gasteiger partial charge >= 0.3 is 5.97 Å². The highest BCUT2D eigenvalue weighted by molar-refractivity contribution is 5.76. The summed E-state index contributed by atoms with van der Waals surface area (Å²) in [7, 11) is 1.43. The van der Waals surface area contributed by atoms with Gasteiger partial charge in [-0.2, -0.15) is 0 Å². The number of carbonyl (C=O) groups is 2. The summed E-state index contributed by atoms with van der Waals surface area (Å²) < 4.78 is 4.80. The number of piperidine rings is 1. The van der Waals surface area contributed by atoms with Gasteiger partial charge in [-0.25, -0.2) is 0 Å². The molecule has 5 rings (SSSR count). The highest BCUT2D eigenvalue weighted by Gasteiger charge is 2.65. The molecule has 39 heavy (non-hydrogen) atoms. The van der Waals surface area contributed by atoms with Gasteiger partial charge in [0.15, 0.2) is 0 Å². The Morgan fingerprint density at radius 3 is 2.38 bits per heavy atom. The van der Waals surface area contributed by atoms with Crippen molar-refractivity contribution >= 4 is 11.9 Å². The average molecular weight is 548 g/mol. The summed E-state index contributed by atoms with van der Waals surface area (Å²) >= 11 is 0. The molecule has 4 aliphatic carbocycles. The number of fused-ring (bicyclic) bond motifs is 5. The Bertz CT molecular complexity index is 903. The number of ether oxygens (including phenoxy) is 1. The zero-order valence-corrected chi connectivity index (χ0v) is 24.7. The average Bonchev–Trinajstić information content (AvgIpc) is 3.27. The maximum atomic E-state index is 13.1. The van der Waals surface area contributed by atoms with E-state index < -0.39 is 6.10 Å². The lowest BCUT2D eigenvalue weighted by Gasteiger charge is -2.63. The number of aliphatic hydroxyl groups is 3. The van der Waals surface area contributed by atoms with Gasteiger partial charge in [-0.15, -0.1) is 0 Å². The fourth-order valence-electron chi connectivity index (χ4n) is 10.5. The lowest BCUT2D eigenvalue weighted by Crippen LogP contribution is -2.62. The van der Waals surface area contributed by atoms with E-state index in [4.69, 9.17) is 4.74 Å². The van der Waals surface area contributed by atoms with Crippen LogP contribution in [-0.2, 0) is 14.3 Å². The summed E-state index contributed by atoms with van der Waals surface area (Å²) in [6, 6.07) is 0. The van der Waals surface area contributed by atoms with Crippen molar-refractivity contribution < 1.29 is 29.6 Å². The Morgan fingerprint density at radius 1 is 0.974 bits per heavy atom. The molecule has 7 nitrogen and oxygen atoms in total. The minimum Gasteiger partial charge on any atom is -0.469 e. The number of likely N-dealkylation sites (tertiary alicyclic amines) is 1. The van der Waals surface area contributed by atoms with Crippen LogP contribution in [0, 0.1) is 52.3 Å². The van der Waals surface area contributed by atoms with Crippen molar-refractivity contribution in [1.29, 1.82) is 0 Å². The van der Waals surface area contributed by atoms with Crippen LogP contribution in [0.1, 0.15) is 97.8 Å². The third-order valence-corrected chi connectivity index (χ3v) is 13.0. The molecule has 1 saturated heterocycles. The number of aliphatic hydroxyl groups excluding tert-OH is 3. The molecule has 3 N–H and O–H groups in total. The number of carbonyl (C=O) groups excluding carboxylic acids is 2. The second kappa shape index (κ2) is 11.2. The van der Waals surface area contributed by atoms with Crippen LogP contribution in [0.2, 0.25) is 0 Å². The highest BCUT2D eigenvalue weighted by atomic mass is 16.5. The second-order valence-electron chi connectivity index (χ2n) is 14.6. The number of rotatable bonds is 6. The van der Waals surface area contributed by atoms with Crippen molar-refractivity contribution in [2.24, 2.45) is 52.3 Å². The lowest BCUT2D eigenvalue weighted by atomic mass is 9.43. The van der Waals surface area contributed by atoms with E-state index in [1.807, 2.05) is 4.90 Å². The summed E-state index contributed by atoms with van der Waals surface area (Å²) in [5.74, 6) is 2.21. The third-order valence-electron chi connectivity index (χ3n) is 13.0. The Morgan fingerprint density at radius 2 is 1.69 bits per heavy atom. The van der Waals surface area contributed by atoms with Crippen LogP contribution < -0.4 is 0 Å². The first-order valence-electron chi connectivity index (χ1n) is 15.9. The topological polar surface area (TPSA) is 107 Å². The van der Waals surface area contributed by atoms with Crippen LogP contribution in [0.15, 0.2) is 0 Å². The van der Waals surface area contributed by atoms with Crippen LogP contribution in [-0.4, -0.2) is 70.6 Å². The first-order valence-corrected chi connectivity index (χ1v) is 15.9. The number of methoxy groups -OCH3 is 1. The monoisotopic (exact) mass is 547 g/mol. The molecule has 1 heterocycles. The maximum absolute atomic E-state index is 13.1. The molecular weight excluding hydrogens is 494 g/mol. The molecule has 5 fully saturated rings. The van der Waals surface area contributed by atoms with Crippen molar-refractivity contribution in [2.75, 3.05) is 20.2 Å². The van der Waals surface area contributed by atoms with E-state index in [9.17, 15) is 24.9 Å². The van der Waals surface area contributed by atoms with Gasteiger partial charge in [0.1, 0.15) is 0 Å². The van der Waals surface area contributed by atoms with Crippen LogP contribution in [0.3, 0.4) is 0 Å². The van der Waals surface area contributed by atoms with E-state index in [0.717, 1.165) is 64.2 Å². The fraction of sp³-hybridized carbons (Fsp3) is 0.938. The molecule has 4 saturated carbocycles. The van der Waals surface area contributed by atoms with E-state index in [1.165, 1.54) is 7.11 Å². The van der Waals surface area contributed by atoms with Crippen LogP contribution in [0.25, 0.3) is 0 Å². The number of esters is 1. The summed E-state index contributed by atoms with van der Waals surface area (Å²) in [5.41, 5.74) is -0.139. The molecule has 0 bridgehead atoms. The van der Waals surface area contributed by atoms with Crippen LogP contribution >= 0.6 is 0 Å². The molecule has 0 aromatic carbocycles. The smallest absolute Gasteiger partial charge is 0.305 e. The molecule has 0 unspecified atom stereocenters. The van der Waals surface area contributed by atoms with E-state index in [0.29, 0.717) is 61.4 Å². The number of hydrogen-bond donors (Lipinski definition) is 3. The van der Waals surface area contributed by atoms with Crippen molar-refractivity contribution in [1.82, 2.24) is 4.90 Å². The van der Waals surface area contributed by atoms with Crippen LogP contribution in [0.5, 0.6) is 0 Å². The van der Waals surface area contributed by atoms with Crippen molar-refractivity contribution in [3.05, 3.63) is 0 Å². The summed E-state index contributed by atoms with van der Waals surface area (Å²) in [6.45, 7) is 8.36. The molecule has 0 aromatic rings. The van der Waals surface area contributed by atoms with Crippen molar-refractivity contribution in [2.45, 2.75) is 116 Å². The van der Waals surface area contributed by atoms with E-state index in [-0.39, 0.29) is 40.8 Å². The fourth-order valence-corrected chi connectivity index (χ4v) is 10.5. The predicted molar refractivity (Wildman–Crippen MR) is 148 cm³/mol. The molecule has 0 radical (unpaired) electrons. The molecule has 5 aliphatic rings. The SMILES string of the molecule is COC(=O)CC1CCN(C(=O)CC[C@@H](C)[C@H]2CC[C@H]3[C@@H]4[C@H](O)C[C@@H]5C[C@H](O)CC[C@]5(C)[C@H]4C[C@H](O)[C@]23C)CC1. The quantitative estimate of drug-likeness (QED) is 0.431. The van der Waals surface area contributed by atoms with Gasteiger partial charge in [-0.1, -0.05) is 20.8 Å². The molecule has 0 aromatic heterocycles. The molecule has 7 heteroatoms. The van der Waals surface area contributed by atoms with Gasteiger partial charge in [0.2, 0.25) is 5.91 Å². The van der Waals surface area contributed by atoms with Gasteiger partial charge in [0, 0.05) is 25.9 Å². The zero-order chi connectivity index (χ0) is 28.1. The van der Waals surface area contributed by atoms with E-state index >= 15 is 0 Å². The van der Waals surface area contributed by atoms with Gasteiger partial charge in [0.05, 0.1) is 25.4 Å². The van der Waals surface area contributed by atoms with Crippen molar-refractivity contribution in [3.63, 3.8) is 0 Å². The van der Waals surface area contributed by atoms with E-state index in [1.54, 1.807) is 0 Å². The van der Waals surface area contributed by atoms with Gasteiger partial charge in [-0.3, -0.25) is 9.59 Å². The number of hydrogen-bond acceptors (Lipinski definition) is 6. The second-order valence-corrected chi connectivity index (χ2v) is 14.6. The summed E-state index contributed by atoms with van der Waals surface area (Å²) in [5, 5.41) is 33.6. The Hall–Kier alpha value is -1.18. The predicted octanol–water partition coefficient (Wildman–Crippen LogP) is 4.17. The standard InChI is InChI=1S/C32H53NO6/c1-19(5-8-28(37)33-13-10-20(11-14-33)15-29(38)39-4)23-6-7-24-30-25(18-27(36)32(23,24)3)31(2)12-9-22(34)16-21(31)17-26(30)35/h19-27,30,34-36H,5-18H2,1-4H3/t19-,21+,22-,23-,24+,25+,26-,27+,30+,31+,32-/m1/s1. The minimum atomic E-state index is -0.391. The van der Waals surface area contributed by atoms with Crippen LogP contribution in [0.4, 0.5) is 0 Å². The summed E-state index contributed by atoms with van der Waals surface area (Å²) in [6.07, 6.45) is 8.76. The van der Waals surface area contributed by atoms with Crippen molar-refractivity contribution in [3.8, 4) is 0 Å². The highest BCUT2D eigenvalue weighted by Crippen LogP contribution is 2.68. The van der Waals surface area contributed by atoms with E-state index in [2.05, 4.69) is 20.8 Å². The molecule has 11 atom stereocenters. The molecule has 1 amide bonds. The largest absolute Gasteiger partial charge is 0.469 e. The molecule has 1 aliphatic heterocycles. The third kappa shape index (κ3) is 5.18. The first kappa shape index (κ1) is 29.3. The summed E-state index contributed by atoms with van der Waals surface area (Å²) in [4.78, 5) is 26.6. The normalized spacial score (nSPS) is 45.2. The number of amides is 1. The Kier molecular flexibility index (Phi) is 8.45. The first-order chi connectivity index (χ1) is 18.5.